The van der Waals surface area contributed by atoms with Crippen molar-refractivity contribution in [3.05, 3.63) is 35.9 Å². The average molecular weight is 209 g/mol. The van der Waals surface area contributed by atoms with E-state index in [1.54, 1.807) is 0 Å². The largest absolute Gasteiger partial charge is 0.481 e. The third-order valence-electron chi connectivity index (χ3n) is 1.88. The van der Waals surface area contributed by atoms with Crippen LogP contribution < -0.4 is 5.73 Å². The topological polar surface area (TPSA) is 72.5 Å². The molecule has 1 rings (SSSR count). The Morgan fingerprint density at radius 3 is 2.67 bits per heavy atom. The van der Waals surface area contributed by atoms with E-state index < -0.39 is 12.0 Å². The molecular formula is C11H15NO3. The molecule has 0 radical (unpaired) electrons. The van der Waals surface area contributed by atoms with Crippen LogP contribution in [0.1, 0.15) is 12.0 Å². The normalized spacial score (nSPS) is 12.3. The number of carboxylic acid groups (broad SMARTS) is 1. The minimum atomic E-state index is -0.897. The zero-order valence-corrected chi connectivity index (χ0v) is 8.43. The Balaban J connectivity index is 2.19. The van der Waals surface area contributed by atoms with Gasteiger partial charge >= 0.3 is 5.97 Å². The second kappa shape index (κ2) is 6.16. The lowest BCUT2D eigenvalue weighted by molar-refractivity contribution is -0.137. The molecule has 0 aliphatic heterocycles. The standard InChI is InChI=1S/C11H15NO3/c12-10(6-11(13)14)8-15-7-9-4-2-1-3-5-9/h1-5,10H,6-8,12H2,(H,13,14). The van der Waals surface area contributed by atoms with Crippen molar-refractivity contribution in [1.29, 1.82) is 0 Å². The molecule has 3 N–H and O–H groups in total. The van der Waals surface area contributed by atoms with E-state index in [1.807, 2.05) is 30.3 Å². The molecule has 0 amide bonds. The van der Waals surface area contributed by atoms with Crippen molar-refractivity contribution in [3.63, 3.8) is 0 Å². The molecule has 0 aliphatic rings. The first-order chi connectivity index (χ1) is 7.18. The van der Waals surface area contributed by atoms with Gasteiger partial charge < -0.3 is 15.6 Å². The summed E-state index contributed by atoms with van der Waals surface area (Å²) in [6.07, 6.45) is -0.0607. The maximum absolute atomic E-state index is 10.3. The average Bonchev–Trinajstić information content (AvgIpc) is 2.18. The molecule has 1 atom stereocenters. The molecule has 0 heterocycles. The summed E-state index contributed by atoms with van der Waals surface area (Å²) in [6, 6.07) is 9.24. The molecule has 0 aromatic heterocycles. The first kappa shape index (κ1) is 11.7. The van der Waals surface area contributed by atoms with Gasteiger partial charge in [-0.25, -0.2) is 0 Å². The Morgan fingerprint density at radius 2 is 2.07 bits per heavy atom. The van der Waals surface area contributed by atoms with E-state index in [2.05, 4.69) is 0 Å². The van der Waals surface area contributed by atoms with Crippen LogP contribution in [0.3, 0.4) is 0 Å². The fourth-order valence-electron chi connectivity index (χ4n) is 1.19. The molecule has 4 heteroatoms. The third-order valence-corrected chi connectivity index (χ3v) is 1.88. The van der Waals surface area contributed by atoms with E-state index in [1.165, 1.54) is 0 Å². The Kier molecular flexibility index (Phi) is 4.80. The minimum Gasteiger partial charge on any atom is -0.481 e. The summed E-state index contributed by atoms with van der Waals surface area (Å²) in [7, 11) is 0. The van der Waals surface area contributed by atoms with Crippen LogP contribution in [0.4, 0.5) is 0 Å². The van der Waals surface area contributed by atoms with Gasteiger partial charge in [-0.2, -0.15) is 0 Å². The number of aliphatic carboxylic acids is 1. The van der Waals surface area contributed by atoms with E-state index in [-0.39, 0.29) is 13.0 Å². The summed E-state index contributed by atoms with van der Waals surface area (Å²) in [5, 5.41) is 8.46. The van der Waals surface area contributed by atoms with Gasteiger partial charge in [0.25, 0.3) is 0 Å². The first-order valence-corrected chi connectivity index (χ1v) is 4.77. The van der Waals surface area contributed by atoms with Crippen LogP contribution in [0.2, 0.25) is 0 Å². The number of benzene rings is 1. The predicted octanol–water partition coefficient (Wildman–Crippen LogP) is 1.01. The van der Waals surface area contributed by atoms with Crippen LogP contribution in [0.5, 0.6) is 0 Å². The molecule has 1 aromatic rings. The van der Waals surface area contributed by atoms with E-state index in [4.69, 9.17) is 15.6 Å². The number of nitrogens with two attached hydrogens (primary N) is 1. The van der Waals surface area contributed by atoms with Gasteiger partial charge in [0.05, 0.1) is 19.6 Å². The highest BCUT2D eigenvalue weighted by atomic mass is 16.5. The highest BCUT2D eigenvalue weighted by Gasteiger charge is 2.07. The molecule has 0 saturated heterocycles. The lowest BCUT2D eigenvalue weighted by Crippen LogP contribution is -2.28. The smallest absolute Gasteiger partial charge is 0.305 e. The lowest BCUT2D eigenvalue weighted by atomic mass is 10.2. The molecule has 15 heavy (non-hydrogen) atoms. The van der Waals surface area contributed by atoms with Crippen molar-refractivity contribution in [1.82, 2.24) is 0 Å². The van der Waals surface area contributed by atoms with Crippen LogP contribution in [0.25, 0.3) is 0 Å². The highest BCUT2D eigenvalue weighted by Crippen LogP contribution is 2.01. The number of rotatable bonds is 6. The minimum absolute atomic E-state index is 0.0607. The molecule has 1 aromatic carbocycles. The van der Waals surface area contributed by atoms with Crippen LogP contribution in [-0.2, 0) is 16.1 Å². The van der Waals surface area contributed by atoms with E-state index in [9.17, 15) is 4.79 Å². The van der Waals surface area contributed by atoms with Gasteiger partial charge in [0, 0.05) is 6.04 Å². The summed E-state index contributed by atoms with van der Waals surface area (Å²) in [5.41, 5.74) is 6.59. The maximum Gasteiger partial charge on any atom is 0.305 e. The Morgan fingerprint density at radius 1 is 1.40 bits per heavy atom. The number of ether oxygens (including phenoxy) is 1. The van der Waals surface area contributed by atoms with Crippen molar-refractivity contribution < 1.29 is 14.6 Å². The maximum atomic E-state index is 10.3. The summed E-state index contributed by atoms with van der Waals surface area (Å²) in [6.45, 7) is 0.732. The van der Waals surface area contributed by atoms with Gasteiger partial charge in [-0.3, -0.25) is 4.79 Å². The van der Waals surface area contributed by atoms with Crippen molar-refractivity contribution >= 4 is 5.97 Å². The summed E-state index contributed by atoms with van der Waals surface area (Å²) in [4.78, 5) is 10.3. The molecule has 0 bridgehead atoms. The molecule has 0 aliphatic carbocycles. The second-order valence-electron chi connectivity index (χ2n) is 3.36. The predicted molar refractivity (Wildman–Crippen MR) is 56.3 cm³/mol. The fourth-order valence-corrected chi connectivity index (χ4v) is 1.19. The van der Waals surface area contributed by atoms with E-state index >= 15 is 0 Å². The summed E-state index contributed by atoms with van der Waals surface area (Å²) in [5.74, 6) is -0.897. The van der Waals surface area contributed by atoms with Gasteiger partial charge in [-0.1, -0.05) is 30.3 Å². The monoisotopic (exact) mass is 209 g/mol. The number of hydrogen-bond acceptors (Lipinski definition) is 3. The Labute approximate surface area is 88.7 Å². The van der Waals surface area contributed by atoms with Gasteiger partial charge in [0.2, 0.25) is 0 Å². The van der Waals surface area contributed by atoms with Crippen molar-refractivity contribution in [2.24, 2.45) is 5.73 Å². The van der Waals surface area contributed by atoms with Gasteiger partial charge in [-0.05, 0) is 5.56 Å². The molecular weight excluding hydrogens is 194 g/mol. The highest BCUT2D eigenvalue weighted by molar-refractivity contribution is 5.67. The number of carbonyl (C=O) groups is 1. The number of hydrogen-bond donors (Lipinski definition) is 2. The van der Waals surface area contributed by atoms with Gasteiger partial charge in [-0.15, -0.1) is 0 Å². The van der Waals surface area contributed by atoms with Crippen molar-refractivity contribution in [3.8, 4) is 0 Å². The Bertz CT molecular complexity index is 300. The lowest BCUT2D eigenvalue weighted by Gasteiger charge is -2.09. The molecule has 1 unspecified atom stereocenters. The Hall–Kier alpha value is -1.39. The van der Waals surface area contributed by atoms with E-state index in [0.29, 0.717) is 6.61 Å². The first-order valence-electron chi connectivity index (χ1n) is 4.77. The van der Waals surface area contributed by atoms with Crippen LogP contribution >= 0.6 is 0 Å². The van der Waals surface area contributed by atoms with Crippen molar-refractivity contribution in [2.45, 2.75) is 19.1 Å². The molecule has 0 fully saturated rings. The third kappa shape index (κ3) is 5.15. The molecule has 82 valence electrons. The number of carboxylic acids is 1. The quantitative estimate of drug-likeness (QED) is 0.733. The van der Waals surface area contributed by atoms with Gasteiger partial charge in [0.15, 0.2) is 0 Å². The van der Waals surface area contributed by atoms with Gasteiger partial charge in [0.1, 0.15) is 0 Å². The van der Waals surface area contributed by atoms with Crippen LogP contribution in [-0.4, -0.2) is 23.7 Å². The summed E-state index contributed by atoms with van der Waals surface area (Å²) < 4.78 is 5.29. The van der Waals surface area contributed by atoms with E-state index in [0.717, 1.165) is 5.56 Å². The molecule has 4 nitrogen and oxygen atoms in total. The van der Waals surface area contributed by atoms with Crippen LogP contribution in [0.15, 0.2) is 30.3 Å². The zero-order chi connectivity index (χ0) is 11.1. The van der Waals surface area contributed by atoms with Crippen LogP contribution in [0, 0.1) is 0 Å². The second-order valence-corrected chi connectivity index (χ2v) is 3.36. The molecule has 0 saturated carbocycles. The molecule has 0 spiro atoms. The zero-order valence-electron chi connectivity index (χ0n) is 8.43. The fraction of sp³-hybridized carbons (Fsp3) is 0.364. The van der Waals surface area contributed by atoms with Crippen molar-refractivity contribution in [2.75, 3.05) is 6.61 Å². The summed E-state index contributed by atoms with van der Waals surface area (Å²) >= 11 is 0. The SMILES string of the molecule is NC(COCc1ccccc1)CC(=O)O.